The molecular weight excluding hydrogens is 348 g/mol. The molecule has 0 bridgehead atoms. The predicted molar refractivity (Wildman–Crippen MR) is 119 cm³/mol. The molecule has 0 aliphatic carbocycles. The van der Waals surface area contributed by atoms with Gasteiger partial charge in [-0.25, -0.2) is 0 Å². The predicted octanol–water partition coefficient (Wildman–Crippen LogP) is 3.77. The molecule has 1 aromatic rings. The highest BCUT2D eigenvalue weighted by atomic mass is 16.5. The number of benzene rings is 1. The van der Waals surface area contributed by atoms with E-state index in [1.54, 1.807) is 7.11 Å². The molecule has 0 spiro atoms. The number of guanidine groups is 1. The first-order chi connectivity index (χ1) is 13.7. The van der Waals surface area contributed by atoms with Gasteiger partial charge < -0.3 is 15.0 Å². The molecule has 5 nitrogen and oxygen atoms in total. The number of rotatable bonds is 10. The standard InChI is InChI=1S/C23H38N4O/c1-5-7-8-15-26(3)23(24-6-2)25-18-20-13-16-27(17-14-20)19-21-9-11-22(28-4)12-10-21/h5,9-12,20H,1,6-8,13-19H2,2-4H3,(H,24,25). The van der Waals surface area contributed by atoms with Gasteiger partial charge in [-0.3, -0.25) is 9.89 Å². The van der Waals surface area contributed by atoms with E-state index < -0.39 is 0 Å². The molecular formula is C23H38N4O. The number of unbranched alkanes of at least 4 members (excludes halogenated alkanes) is 1. The molecule has 5 heteroatoms. The van der Waals surface area contributed by atoms with E-state index in [-0.39, 0.29) is 0 Å². The molecule has 0 aromatic heterocycles. The Bertz CT molecular complexity index is 591. The number of hydrogen-bond acceptors (Lipinski definition) is 3. The van der Waals surface area contributed by atoms with Gasteiger partial charge in [-0.1, -0.05) is 18.2 Å². The summed E-state index contributed by atoms with van der Waals surface area (Å²) in [7, 11) is 3.84. The molecule has 1 aliphatic rings. The van der Waals surface area contributed by atoms with Crippen LogP contribution in [0.4, 0.5) is 0 Å². The van der Waals surface area contributed by atoms with Crippen LogP contribution in [0.15, 0.2) is 41.9 Å². The second kappa shape index (κ2) is 12.4. The van der Waals surface area contributed by atoms with Crippen LogP contribution in [0.5, 0.6) is 5.75 Å². The minimum Gasteiger partial charge on any atom is -0.497 e. The largest absolute Gasteiger partial charge is 0.497 e. The highest BCUT2D eigenvalue weighted by Gasteiger charge is 2.19. The van der Waals surface area contributed by atoms with Gasteiger partial charge in [0.25, 0.3) is 0 Å². The number of ether oxygens (including phenoxy) is 1. The van der Waals surface area contributed by atoms with Crippen LogP contribution in [-0.2, 0) is 6.54 Å². The van der Waals surface area contributed by atoms with Gasteiger partial charge in [0.15, 0.2) is 5.96 Å². The van der Waals surface area contributed by atoms with Crippen LogP contribution in [0, 0.1) is 5.92 Å². The number of piperidine rings is 1. The maximum atomic E-state index is 5.24. The molecule has 0 saturated carbocycles. The second-order valence-corrected chi connectivity index (χ2v) is 7.61. The Kier molecular flexibility index (Phi) is 9.91. The summed E-state index contributed by atoms with van der Waals surface area (Å²) in [6.45, 7) is 12.1. The number of nitrogens with one attached hydrogen (secondary N) is 1. The summed E-state index contributed by atoms with van der Waals surface area (Å²) in [6.07, 6.45) is 6.60. The molecule has 156 valence electrons. The highest BCUT2D eigenvalue weighted by Crippen LogP contribution is 2.20. The van der Waals surface area contributed by atoms with Gasteiger partial charge >= 0.3 is 0 Å². The topological polar surface area (TPSA) is 40.1 Å². The van der Waals surface area contributed by atoms with Gasteiger partial charge in [-0.15, -0.1) is 6.58 Å². The Morgan fingerprint density at radius 3 is 2.64 bits per heavy atom. The number of aliphatic imine (C=N–C) groups is 1. The fourth-order valence-electron chi connectivity index (χ4n) is 3.58. The fraction of sp³-hybridized carbons (Fsp3) is 0.609. The average molecular weight is 387 g/mol. The summed E-state index contributed by atoms with van der Waals surface area (Å²) < 4.78 is 5.24. The van der Waals surface area contributed by atoms with E-state index in [1.165, 1.54) is 18.4 Å². The average Bonchev–Trinajstić information content (AvgIpc) is 2.73. The quantitative estimate of drug-likeness (QED) is 0.288. The Morgan fingerprint density at radius 1 is 1.32 bits per heavy atom. The molecule has 2 rings (SSSR count). The molecule has 0 unspecified atom stereocenters. The number of methoxy groups -OCH3 is 1. The van der Waals surface area contributed by atoms with Gasteiger partial charge in [0.1, 0.15) is 5.75 Å². The van der Waals surface area contributed by atoms with E-state index in [0.29, 0.717) is 5.92 Å². The lowest BCUT2D eigenvalue weighted by molar-refractivity contribution is 0.180. The van der Waals surface area contributed by atoms with Crippen LogP contribution in [0.2, 0.25) is 0 Å². The lowest BCUT2D eigenvalue weighted by atomic mass is 9.96. The summed E-state index contributed by atoms with van der Waals surface area (Å²) in [5.41, 5.74) is 1.35. The first kappa shape index (κ1) is 22.3. The summed E-state index contributed by atoms with van der Waals surface area (Å²) >= 11 is 0. The third-order valence-electron chi connectivity index (χ3n) is 5.37. The third kappa shape index (κ3) is 7.55. The van der Waals surface area contributed by atoms with E-state index in [2.05, 4.69) is 47.8 Å². The molecule has 1 aliphatic heterocycles. The van der Waals surface area contributed by atoms with Crippen molar-refractivity contribution in [2.24, 2.45) is 10.9 Å². The molecule has 0 radical (unpaired) electrons. The Hall–Kier alpha value is -2.01. The van der Waals surface area contributed by atoms with Crippen molar-refractivity contribution < 1.29 is 4.74 Å². The second-order valence-electron chi connectivity index (χ2n) is 7.61. The lowest BCUT2D eigenvalue weighted by Gasteiger charge is -2.31. The van der Waals surface area contributed by atoms with Crippen LogP contribution in [0.3, 0.4) is 0 Å². The van der Waals surface area contributed by atoms with Crippen LogP contribution in [-0.4, -0.2) is 62.6 Å². The first-order valence-corrected chi connectivity index (χ1v) is 10.6. The lowest BCUT2D eigenvalue weighted by Crippen LogP contribution is -2.40. The minimum absolute atomic E-state index is 0.683. The van der Waals surface area contributed by atoms with E-state index in [4.69, 9.17) is 9.73 Å². The normalized spacial score (nSPS) is 16.0. The third-order valence-corrected chi connectivity index (χ3v) is 5.37. The van der Waals surface area contributed by atoms with Crippen molar-refractivity contribution in [1.29, 1.82) is 0 Å². The first-order valence-electron chi connectivity index (χ1n) is 10.6. The van der Waals surface area contributed by atoms with Gasteiger partial charge in [0.05, 0.1) is 7.11 Å². The van der Waals surface area contributed by atoms with Crippen molar-refractivity contribution in [3.8, 4) is 5.75 Å². The zero-order valence-corrected chi connectivity index (χ0v) is 18.0. The monoisotopic (exact) mass is 386 g/mol. The number of hydrogen-bond donors (Lipinski definition) is 1. The summed E-state index contributed by atoms with van der Waals surface area (Å²) in [5.74, 6) is 2.64. The molecule has 28 heavy (non-hydrogen) atoms. The Balaban J connectivity index is 1.77. The SMILES string of the molecule is C=CCCCN(C)C(=NCC1CCN(Cc2ccc(OC)cc2)CC1)NCC. The summed E-state index contributed by atoms with van der Waals surface area (Å²) in [5, 5.41) is 3.43. The van der Waals surface area contributed by atoms with E-state index in [9.17, 15) is 0 Å². The maximum absolute atomic E-state index is 5.24. The van der Waals surface area contributed by atoms with Crippen molar-refractivity contribution in [3.05, 3.63) is 42.5 Å². The van der Waals surface area contributed by atoms with Gasteiger partial charge in [-0.05, 0) is 69.3 Å². The molecule has 1 N–H and O–H groups in total. The molecule has 1 fully saturated rings. The van der Waals surface area contributed by atoms with Crippen LogP contribution in [0.25, 0.3) is 0 Å². The molecule has 1 saturated heterocycles. The minimum atomic E-state index is 0.683. The smallest absolute Gasteiger partial charge is 0.193 e. The van der Waals surface area contributed by atoms with Gasteiger partial charge in [0, 0.05) is 33.2 Å². The molecule has 0 amide bonds. The fourth-order valence-corrected chi connectivity index (χ4v) is 3.58. The van der Waals surface area contributed by atoms with Crippen LogP contribution in [0.1, 0.15) is 38.2 Å². The zero-order chi connectivity index (χ0) is 20.2. The van der Waals surface area contributed by atoms with Crippen molar-refractivity contribution in [2.45, 2.75) is 39.2 Å². The number of likely N-dealkylation sites (tertiary alicyclic amines) is 1. The zero-order valence-electron chi connectivity index (χ0n) is 18.0. The van der Waals surface area contributed by atoms with Crippen molar-refractivity contribution in [1.82, 2.24) is 15.1 Å². The van der Waals surface area contributed by atoms with Crippen molar-refractivity contribution in [3.63, 3.8) is 0 Å². The van der Waals surface area contributed by atoms with E-state index >= 15 is 0 Å². The molecule has 0 atom stereocenters. The summed E-state index contributed by atoms with van der Waals surface area (Å²) in [4.78, 5) is 9.71. The van der Waals surface area contributed by atoms with Crippen LogP contribution >= 0.6 is 0 Å². The molecule has 1 aromatic carbocycles. The van der Waals surface area contributed by atoms with Crippen LogP contribution < -0.4 is 10.1 Å². The maximum Gasteiger partial charge on any atom is 0.193 e. The molecule has 1 heterocycles. The Morgan fingerprint density at radius 2 is 2.04 bits per heavy atom. The van der Waals surface area contributed by atoms with E-state index in [1.807, 2.05) is 18.2 Å². The highest BCUT2D eigenvalue weighted by molar-refractivity contribution is 5.79. The van der Waals surface area contributed by atoms with Crippen molar-refractivity contribution >= 4 is 5.96 Å². The number of allylic oxidation sites excluding steroid dienone is 1. The Labute approximate surface area is 171 Å². The number of nitrogens with zero attached hydrogens (tertiary/aromatic N) is 3. The summed E-state index contributed by atoms with van der Waals surface area (Å²) in [6, 6.07) is 8.43. The van der Waals surface area contributed by atoms with Crippen molar-refractivity contribution in [2.75, 3.05) is 46.9 Å². The van der Waals surface area contributed by atoms with E-state index in [0.717, 1.165) is 63.8 Å². The van der Waals surface area contributed by atoms with Gasteiger partial charge in [-0.2, -0.15) is 0 Å². The van der Waals surface area contributed by atoms with Gasteiger partial charge in [0.2, 0.25) is 0 Å².